The number of rotatable bonds is 3. The third-order valence-corrected chi connectivity index (χ3v) is 3.77. The summed E-state index contributed by atoms with van der Waals surface area (Å²) in [6, 6.07) is 5.40. The molecule has 2 N–H and O–H groups in total. The monoisotopic (exact) mass is 272 g/mol. The second-order valence-corrected chi connectivity index (χ2v) is 5.21. The molecular formula is C11H10Cl2N2S. The zero-order valence-corrected chi connectivity index (χ0v) is 10.7. The summed E-state index contributed by atoms with van der Waals surface area (Å²) in [5.74, 6) is 0. The summed E-state index contributed by atoms with van der Waals surface area (Å²) in [4.78, 5) is 5.07. The van der Waals surface area contributed by atoms with Crippen molar-refractivity contribution in [2.75, 3.05) is 0 Å². The number of hydrogen-bond acceptors (Lipinski definition) is 3. The molecule has 0 aliphatic rings. The Bertz CT molecular complexity index is 471. The summed E-state index contributed by atoms with van der Waals surface area (Å²) in [5.41, 5.74) is 8.84. The molecule has 1 unspecified atom stereocenters. The molecule has 0 aliphatic heterocycles. The molecule has 2 rings (SSSR count). The molecule has 0 radical (unpaired) electrons. The van der Waals surface area contributed by atoms with E-state index in [0.717, 1.165) is 10.4 Å². The van der Waals surface area contributed by atoms with Crippen molar-refractivity contribution in [2.24, 2.45) is 5.73 Å². The van der Waals surface area contributed by atoms with Crippen molar-refractivity contribution in [3.63, 3.8) is 0 Å². The zero-order chi connectivity index (χ0) is 11.5. The minimum atomic E-state index is -0.0637. The minimum absolute atomic E-state index is 0.0637. The number of benzene rings is 1. The number of nitrogens with zero attached hydrogens (tertiary/aromatic N) is 1. The van der Waals surface area contributed by atoms with E-state index in [1.807, 2.05) is 12.1 Å². The molecule has 1 heterocycles. The molecule has 1 atom stereocenters. The van der Waals surface area contributed by atoms with Gasteiger partial charge in [-0.1, -0.05) is 29.3 Å². The third-order valence-electron chi connectivity index (χ3n) is 2.27. The van der Waals surface area contributed by atoms with Crippen molar-refractivity contribution in [3.05, 3.63) is 50.4 Å². The first-order chi connectivity index (χ1) is 7.66. The SMILES string of the molecule is NC(Cc1ccc(Cl)cc1Cl)c1cncs1. The summed E-state index contributed by atoms with van der Waals surface area (Å²) in [5, 5.41) is 1.30. The minimum Gasteiger partial charge on any atom is -0.323 e. The van der Waals surface area contributed by atoms with Crippen LogP contribution in [0.5, 0.6) is 0 Å². The Labute approximate surface area is 108 Å². The molecule has 0 aliphatic carbocycles. The van der Waals surface area contributed by atoms with Crippen molar-refractivity contribution in [1.82, 2.24) is 4.98 Å². The molecule has 0 saturated carbocycles. The maximum absolute atomic E-state index is 6.08. The first kappa shape index (κ1) is 11.9. The van der Waals surface area contributed by atoms with Gasteiger partial charge in [0.1, 0.15) is 0 Å². The summed E-state index contributed by atoms with van der Waals surface area (Å²) in [6.07, 6.45) is 2.48. The van der Waals surface area contributed by atoms with Gasteiger partial charge in [-0.3, -0.25) is 4.98 Å². The largest absolute Gasteiger partial charge is 0.323 e. The van der Waals surface area contributed by atoms with E-state index in [0.29, 0.717) is 16.5 Å². The predicted octanol–water partition coefficient (Wildman–Crippen LogP) is 3.69. The lowest BCUT2D eigenvalue weighted by atomic mass is 10.1. The van der Waals surface area contributed by atoms with Crippen LogP contribution in [0.3, 0.4) is 0 Å². The summed E-state index contributed by atoms with van der Waals surface area (Å²) < 4.78 is 0. The van der Waals surface area contributed by atoms with Gasteiger partial charge in [-0.05, 0) is 24.1 Å². The van der Waals surface area contributed by atoms with E-state index in [4.69, 9.17) is 28.9 Å². The molecule has 5 heteroatoms. The van der Waals surface area contributed by atoms with E-state index in [1.54, 1.807) is 29.1 Å². The number of halogens is 2. The molecule has 16 heavy (non-hydrogen) atoms. The van der Waals surface area contributed by atoms with Crippen molar-refractivity contribution < 1.29 is 0 Å². The van der Waals surface area contributed by atoms with Gasteiger partial charge in [0.15, 0.2) is 0 Å². The Hall–Kier alpha value is -0.610. The molecule has 0 spiro atoms. The summed E-state index contributed by atoms with van der Waals surface area (Å²) in [7, 11) is 0. The lowest BCUT2D eigenvalue weighted by Gasteiger charge is -2.10. The summed E-state index contributed by atoms with van der Waals surface area (Å²) >= 11 is 13.5. The number of aromatic nitrogens is 1. The van der Waals surface area contributed by atoms with E-state index in [9.17, 15) is 0 Å². The second-order valence-electron chi connectivity index (χ2n) is 3.45. The first-order valence-corrected chi connectivity index (χ1v) is 6.38. The van der Waals surface area contributed by atoms with E-state index in [1.165, 1.54) is 0 Å². The van der Waals surface area contributed by atoms with Crippen molar-refractivity contribution >= 4 is 34.5 Å². The maximum atomic E-state index is 6.08. The Morgan fingerprint density at radius 3 is 2.81 bits per heavy atom. The van der Waals surface area contributed by atoms with Crippen LogP contribution in [-0.2, 0) is 6.42 Å². The van der Waals surface area contributed by atoms with Crippen LogP contribution in [0.15, 0.2) is 29.9 Å². The van der Waals surface area contributed by atoms with Crippen LogP contribution in [0.1, 0.15) is 16.5 Å². The van der Waals surface area contributed by atoms with Crippen LogP contribution in [0.2, 0.25) is 10.0 Å². The Morgan fingerprint density at radius 2 is 2.19 bits per heavy atom. The third kappa shape index (κ3) is 2.74. The summed E-state index contributed by atoms with van der Waals surface area (Å²) in [6.45, 7) is 0. The fourth-order valence-corrected chi connectivity index (χ4v) is 2.54. The van der Waals surface area contributed by atoms with Gasteiger partial charge in [0, 0.05) is 27.2 Å². The van der Waals surface area contributed by atoms with Gasteiger partial charge in [0.05, 0.1) is 5.51 Å². The van der Waals surface area contributed by atoms with Gasteiger partial charge in [0.25, 0.3) is 0 Å². The highest BCUT2D eigenvalue weighted by molar-refractivity contribution is 7.09. The highest BCUT2D eigenvalue weighted by atomic mass is 35.5. The Balaban J connectivity index is 2.15. The molecule has 1 aromatic heterocycles. The van der Waals surface area contributed by atoms with Crippen LogP contribution in [-0.4, -0.2) is 4.98 Å². The van der Waals surface area contributed by atoms with Crippen LogP contribution in [0.25, 0.3) is 0 Å². The van der Waals surface area contributed by atoms with Crippen molar-refractivity contribution in [3.8, 4) is 0 Å². The average Bonchev–Trinajstić information content (AvgIpc) is 2.75. The molecule has 0 amide bonds. The second kappa shape index (κ2) is 5.15. The lowest BCUT2D eigenvalue weighted by Crippen LogP contribution is -2.12. The van der Waals surface area contributed by atoms with E-state index in [-0.39, 0.29) is 6.04 Å². The van der Waals surface area contributed by atoms with E-state index in [2.05, 4.69) is 4.98 Å². The number of hydrogen-bond donors (Lipinski definition) is 1. The standard InChI is InChI=1S/C11H10Cl2N2S/c12-8-2-1-7(9(13)4-8)3-10(14)11-5-15-6-16-11/h1-2,4-6,10H,3,14H2. The topological polar surface area (TPSA) is 38.9 Å². The predicted molar refractivity (Wildman–Crippen MR) is 69.2 cm³/mol. The van der Waals surface area contributed by atoms with E-state index < -0.39 is 0 Å². The fraction of sp³-hybridized carbons (Fsp3) is 0.182. The van der Waals surface area contributed by atoms with Crippen LogP contribution >= 0.6 is 34.5 Å². The van der Waals surface area contributed by atoms with Gasteiger partial charge < -0.3 is 5.73 Å². The van der Waals surface area contributed by atoms with Crippen LogP contribution in [0, 0.1) is 0 Å². The van der Waals surface area contributed by atoms with Crippen LogP contribution < -0.4 is 5.73 Å². The lowest BCUT2D eigenvalue weighted by molar-refractivity contribution is 0.735. The molecule has 0 bridgehead atoms. The molecule has 84 valence electrons. The van der Waals surface area contributed by atoms with Gasteiger partial charge in [-0.25, -0.2) is 0 Å². The molecule has 2 aromatic rings. The number of nitrogens with two attached hydrogens (primary N) is 1. The van der Waals surface area contributed by atoms with Gasteiger partial charge in [-0.2, -0.15) is 0 Å². The highest BCUT2D eigenvalue weighted by Gasteiger charge is 2.11. The number of thiazole rings is 1. The fourth-order valence-electron chi connectivity index (χ4n) is 1.43. The normalized spacial score (nSPS) is 12.7. The molecule has 0 saturated heterocycles. The first-order valence-electron chi connectivity index (χ1n) is 4.74. The van der Waals surface area contributed by atoms with Gasteiger partial charge in [0.2, 0.25) is 0 Å². The Kier molecular flexibility index (Phi) is 3.82. The van der Waals surface area contributed by atoms with Crippen molar-refractivity contribution in [2.45, 2.75) is 12.5 Å². The van der Waals surface area contributed by atoms with Gasteiger partial charge >= 0.3 is 0 Å². The molecular weight excluding hydrogens is 263 g/mol. The zero-order valence-electron chi connectivity index (χ0n) is 8.36. The van der Waals surface area contributed by atoms with Crippen LogP contribution in [0.4, 0.5) is 0 Å². The van der Waals surface area contributed by atoms with E-state index >= 15 is 0 Å². The van der Waals surface area contributed by atoms with Crippen molar-refractivity contribution in [1.29, 1.82) is 0 Å². The highest BCUT2D eigenvalue weighted by Crippen LogP contribution is 2.26. The average molecular weight is 273 g/mol. The van der Waals surface area contributed by atoms with Gasteiger partial charge in [-0.15, -0.1) is 11.3 Å². The quantitative estimate of drug-likeness (QED) is 0.926. The Morgan fingerprint density at radius 1 is 1.38 bits per heavy atom. The molecule has 1 aromatic carbocycles. The molecule has 0 fully saturated rings. The molecule has 2 nitrogen and oxygen atoms in total. The maximum Gasteiger partial charge on any atom is 0.0794 e. The smallest absolute Gasteiger partial charge is 0.0794 e.